The molecule has 0 amide bonds. The van der Waals surface area contributed by atoms with Crippen molar-refractivity contribution in [3.05, 3.63) is 0 Å². The Morgan fingerprint density at radius 1 is 1.15 bits per heavy atom. The quantitative estimate of drug-likeness (QED) is 0.816. The summed E-state index contributed by atoms with van der Waals surface area (Å²) in [5.74, 6) is 1.51. The van der Waals surface area contributed by atoms with Crippen molar-refractivity contribution in [1.82, 2.24) is 0 Å². The first-order valence-electron chi connectivity index (χ1n) is 10.4. The fraction of sp³-hybridized carbons (Fsp3) is 0.909. The van der Waals surface area contributed by atoms with Gasteiger partial charge in [-0.05, 0) is 62.2 Å². The van der Waals surface area contributed by atoms with Crippen LogP contribution in [0.5, 0.6) is 0 Å². The van der Waals surface area contributed by atoms with Gasteiger partial charge in [0.15, 0.2) is 0 Å². The summed E-state index contributed by atoms with van der Waals surface area (Å²) in [4.78, 5) is 24.5. The SMILES string of the molecule is COC1CC2(O)C3CCC4CC(=O)CCC4(C)C3CCC2(C)C1C(C)=O. The van der Waals surface area contributed by atoms with Crippen LogP contribution >= 0.6 is 0 Å². The third-order valence-electron chi connectivity index (χ3n) is 9.40. The predicted octanol–water partition coefficient (Wildman–Crippen LogP) is 3.54. The summed E-state index contributed by atoms with van der Waals surface area (Å²) in [6, 6.07) is 0. The second-order valence-electron chi connectivity index (χ2n) is 10.2. The van der Waals surface area contributed by atoms with E-state index in [4.69, 9.17) is 4.74 Å². The Morgan fingerprint density at radius 2 is 1.88 bits per heavy atom. The van der Waals surface area contributed by atoms with Gasteiger partial charge in [0.25, 0.3) is 0 Å². The zero-order valence-corrected chi connectivity index (χ0v) is 16.7. The lowest BCUT2D eigenvalue weighted by Crippen LogP contribution is -2.62. The lowest BCUT2D eigenvalue weighted by Gasteiger charge is -2.62. The first-order valence-corrected chi connectivity index (χ1v) is 10.4. The van der Waals surface area contributed by atoms with Crippen LogP contribution in [0.4, 0.5) is 0 Å². The predicted molar refractivity (Wildman–Crippen MR) is 98.5 cm³/mol. The maximum Gasteiger partial charge on any atom is 0.136 e. The van der Waals surface area contributed by atoms with Crippen LogP contribution in [0, 0.1) is 34.5 Å². The van der Waals surface area contributed by atoms with Gasteiger partial charge in [0.2, 0.25) is 0 Å². The second-order valence-corrected chi connectivity index (χ2v) is 10.2. The molecule has 0 spiro atoms. The van der Waals surface area contributed by atoms with Crippen LogP contribution in [0.3, 0.4) is 0 Å². The smallest absolute Gasteiger partial charge is 0.136 e. The van der Waals surface area contributed by atoms with Gasteiger partial charge in [0.05, 0.1) is 17.6 Å². The molecule has 4 nitrogen and oxygen atoms in total. The fourth-order valence-corrected chi connectivity index (χ4v) is 7.96. The van der Waals surface area contributed by atoms with Crippen LogP contribution in [0.2, 0.25) is 0 Å². The molecule has 4 aliphatic carbocycles. The highest BCUT2D eigenvalue weighted by Crippen LogP contribution is 2.69. The van der Waals surface area contributed by atoms with E-state index in [1.807, 2.05) is 0 Å². The number of methoxy groups -OCH3 is 1. The highest BCUT2D eigenvalue weighted by atomic mass is 16.5. The first kappa shape index (κ1) is 18.6. The Morgan fingerprint density at radius 3 is 2.54 bits per heavy atom. The number of ether oxygens (including phenoxy) is 1. The molecule has 0 saturated heterocycles. The van der Waals surface area contributed by atoms with E-state index >= 15 is 0 Å². The Kier molecular flexibility index (Phi) is 4.21. The maximum absolute atomic E-state index is 12.5. The number of carbonyl (C=O) groups is 2. The fourth-order valence-electron chi connectivity index (χ4n) is 7.96. The number of fused-ring (bicyclic) bond motifs is 5. The van der Waals surface area contributed by atoms with Gasteiger partial charge in [-0.15, -0.1) is 0 Å². The minimum Gasteiger partial charge on any atom is -0.389 e. The summed E-state index contributed by atoms with van der Waals surface area (Å²) in [6.07, 6.45) is 6.74. The summed E-state index contributed by atoms with van der Waals surface area (Å²) in [6.45, 7) is 6.16. The van der Waals surface area contributed by atoms with Gasteiger partial charge in [-0.2, -0.15) is 0 Å². The van der Waals surface area contributed by atoms with E-state index in [0.29, 0.717) is 30.5 Å². The van der Waals surface area contributed by atoms with E-state index < -0.39 is 11.0 Å². The molecule has 0 heterocycles. The normalized spacial score (nSPS) is 53.6. The monoisotopic (exact) mass is 362 g/mol. The van der Waals surface area contributed by atoms with Crippen molar-refractivity contribution in [1.29, 1.82) is 0 Å². The van der Waals surface area contributed by atoms with E-state index in [1.54, 1.807) is 14.0 Å². The van der Waals surface area contributed by atoms with Crippen LogP contribution in [-0.2, 0) is 14.3 Å². The number of aliphatic hydroxyl groups is 1. The van der Waals surface area contributed by atoms with Crippen molar-refractivity contribution in [2.45, 2.75) is 83.8 Å². The van der Waals surface area contributed by atoms with E-state index in [9.17, 15) is 14.7 Å². The number of carbonyl (C=O) groups excluding carboxylic acids is 2. The molecule has 0 bridgehead atoms. The zero-order chi connectivity index (χ0) is 18.9. The number of hydrogen-bond donors (Lipinski definition) is 1. The van der Waals surface area contributed by atoms with E-state index in [1.165, 1.54) is 0 Å². The molecule has 1 N–H and O–H groups in total. The molecule has 4 heteroatoms. The molecule has 146 valence electrons. The van der Waals surface area contributed by atoms with Gasteiger partial charge in [0, 0.05) is 31.8 Å². The Labute approximate surface area is 157 Å². The third kappa shape index (κ3) is 2.21. The lowest BCUT2D eigenvalue weighted by molar-refractivity contribution is -0.205. The van der Waals surface area contributed by atoms with Gasteiger partial charge in [0.1, 0.15) is 11.6 Å². The van der Waals surface area contributed by atoms with Gasteiger partial charge in [-0.25, -0.2) is 0 Å². The number of rotatable bonds is 2. The number of ketones is 2. The van der Waals surface area contributed by atoms with Crippen molar-refractivity contribution >= 4 is 11.6 Å². The second kappa shape index (κ2) is 5.88. The summed E-state index contributed by atoms with van der Waals surface area (Å²) in [7, 11) is 1.67. The molecule has 0 aliphatic heterocycles. The number of Topliss-reactive ketones (excluding diaryl/α,β-unsaturated/α-hetero) is 2. The molecular formula is C22H34O4. The lowest BCUT2D eigenvalue weighted by atomic mass is 9.43. The van der Waals surface area contributed by atoms with E-state index in [0.717, 1.165) is 38.5 Å². The highest BCUT2D eigenvalue weighted by molar-refractivity contribution is 5.81. The Hall–Kier alpha value is -0.740. The molecule has 0 aromatic carbocycles. The highest BCUT2D eigenvalue weighted by Gasteiger charge is 2.70. The molecule has 0 aromatic heterocycles. The molecule has 8 unspecified atom stereocenters. The van der Waals surface area contributed by atoms with Crippen molar-refractivity contribution in [2.75, 3.05) is 7.11 Å². The van der Waals surface area contributed by atoms with E-state index in [2.05, 4.69) is 13.8 Å². The van der Waals surface area contributed by atoms with Gasteiger partial charge in [-0.1, -0.05) is 13.8 Å². The minimum absolute atomic E-state index is 0.150. The minimum atomic E-state index is -0.831. The van der Waals surface area contributed by atoms with Crippen molar-refractivity contribution in [3.63, 3.8) is 0 Å². The average Bonchev–Trinajstić information content (AvgIpc) is 2.83. The molecule has 0 aromatic rings. The average molecular weight is 363 g/mol. The summed E-state index contributed by atoms with van der Waals surface area (Å²) in [5, 5.41) is 12.0. The molecule has 4 aliphatic rings. The topological polar surface area (TPSA) is 63.6 Å². The van der Waals surface area contributed by atoms with Crippen molar-refractivity contribution in [2.24, 2.45) is 34.5 Å². The van der Waals surface area contributed by atoms with Crippen molar-refractivity contribution < 1.29 is 19.4 Å². The van der Waals surface area contributed by atoms with Crippen LogP contribution in [0.25, 0.3) is 0 Å². The first-order chi connectivity index (χ1) is 12.2. The largest absolute Gasteiger partial charge is 0.389 e. The Bertz CT molecular complexity index is 630. The van der Waals surface area contributed by atoms with Gasteiger partial charge < -0.3 is 9.84 Å². The summed E-state index contributed by atoms with van der Waals surface area (Å²) in [5.41, 5.74) is -1.07. The molecule has 4 saturated carbocycles. The summed E-state index contributed by atoms with van der Waals surface area (Å²) < 4.78 is 5.71. The molecule has 4 fully saturated rings. The van der Waals surface area contributed by atoms with Crippen LogP contribution in [0.1, 0.15) is 72.1 Å². The van der Waals surface area contributed by atoms with Crippen molar-refractivity contribution in [3.8, 4) is 0 Å². The Balaban J connectivity index is 1.72. The van der Waals surface area contributed by atoms with Crippen LogP contribution in [0.15, 0.2) is 0 Å². The van der Waals surface area contributed by atoms with Gasteiger partial charge in [-0.3, -0.25) is 9.59 Å². The van der Waals surface area contributed by atoms with Gasteiger partial charge >= 0.3 is 0 Å². The molecule has 8 atom stereocenters. The standard InChI is InChI=1S/C22H34O4/c1-13(23)19-18(26-4)12-22(25)17-6-5-14-11-15(24)7-9-20(14,2)16(17)8-10-21(19,22)3/h14,16-19,25H,5-12H2,1-4H3. The van der Waals surface area contributed by atoms with E-state index in [-0.39, 0.29) is 29.1 Å². The third-order valence-corrected chi connectivity index (χ3v) is 9.40. The zero-order valence-electron chi connectivity index (χ0n) is 16.7. The van der Waals surface area contributed by atoms with Crippen LogP contribution < -0.4 is 0 Å². The molecular weight excluding hydrogens is 328 g/mol. The number of hydrogen-bond acceptors (Lipinski definition) is 4. The molecule has 26 heavy (non-hydrogen) atoms. The molecule has 4 rings (SSSR count). The van der Waals surface area contributed by atoms with Crippen LogP contribution in [-0.4, -0.2) is 35.5 Å². The maximum atomic E-state index is 12.5. The summed E-state index contributed by atoms with van der Waals surface area (Å²) >= 11 is 0. The molecule has 0 radical (unpaired) electrons.